The molecule has 0 fully saturated rings. The number of carbonyl (C=O) groups is 1. The second-order valence-electron chi connectivity index (χ2n) is 5.26. The van der Waals surface area contributed by atoms with Crippen molar-refractivity contribution in [1.29, 1.82) is 0 Å². The molecule has 1 amide bonds. The third kappa shape index (κ3) is 4.86. The largest absolute Gasteiger partial charge is 0.497 e. The predicted molar refractivity (Wildman–Crippen MR) is 99.2 cm³/mol. The highest BCUT2D eigenvalue weighted by atomic mass is 79.9. The van der Waals surface area contributed by atoms with Crippen LogP contribution in [-0.2, 0) is 11.3 Å². The molecule has 0 heterocycles. The molecule has 126 valence electrons. The van der Waals surface area contributed by atoms with E-state index in [2.05, 4.69) is 15.9 Å². The van der Waals surface area contributed by atoms with Crippen molar-refractivity contribution in [3.8, 4) is 11.5 Å². The van der Waals surface area contributed by atoms with E-state index in [4.69, 9.17) is 9.47 Å². The summed E-state index contributed by atoms with van der Waals surface area (Å²) in [6, 6.07) is 13.4. The first-order valence-electron chi connectivity index (χ1n) is 7.43. The van der Waals surface area contributed by atoms with Crippen molar-refractivity contribution in [3.63, 3.8) is 0 Å². The van der Waals surface area contributed by atoms with Crippen LogP contribution >= 0.6 is 15.9 Å². The molecule has 2 rings (SSSR count). The number of nitrogens with zero attached hydrogens (tertiary/aromatic N) is 1. The number of amides is 1. The van der Waals surface area contributed by atoms with Crippen LogP contribution in [0.25, 0.3) is 6.08 Å². The molecule has 0 aromatic heterocycles. The van der Waals surface area contributed by atoms with E-state index in [0.29, 0.717) is 18.0 Å². The quantitative estimate of drug-likeness (QED) is 0.696. The highest BCUT2D eigenvalue weighted by Gasteiger charge is 2.07. The number of ether oxygens (including phenoxy) is 2. The molecular weight excluding hydrogens is 370 g/mol. The Bertz CT molecular complexity index is 726. The summed E-state index contributed by atoms with van der Waals surface area (Å²) in [6.45, 7) is 0.552. The van der Waals surface area contributed by atoms with Gasteiger partial charge in [0.2, 0.25) is 5.91 Å². The predicted octanol–water partition coefficient (Wildman–Crippen LogP) is 4.14. The van der Waals surface area contributed by atoms with E-state index in [1.54, 1.807) is 44.4 Å². The molecule has 0 spiro atoms. The van der Waals surface area contributed by atoms with E-state index in [9.17, 15) is 4.79 Å². The Morgan fingerprint density at radius 1 is 1.12 bits per heavy atom. The van der Waals surface area contributed by atoms with Crippen molar-refractivity contribution in [2.45, 2.75) is 6.54 Å². The van der Waals surface area contributed by atoms with Gasteiger partial charge in [-0.15, -0.1) is 0 Å². The van der Waals surface area contributed by atoms with Crippen LogP contribution in [0.5, 0.6) is 11.5 Å². The summed E-state index contributed by atoms with van der Waals surface area (Å²) < 4.78 is 11.5. The normalized spacial score (nSPS) is 10.7. The summed E-state index contributed by atoms with van der Waals surface area (Å²) >= 11 is 3.40. The molecule has 0 aliphatic rings. The van der Waals surface area contributed by atoms with Crippen LogP contribution in [0.3, 0.4) is 0 Å². The summed E-state index contributed by atoms with van der Waals surface area (Å²) in [5.74, 6) is 1.30. The van der Waals surface area contributed by atoms with Gasteiger partial charge in [-0.1, -0.05) is 28.1 Å². The molecule has 0 unspecified atom stereocenters. The second kappa shape index (κ2) is 8.55. The number of methoxy groups -OCH3 is 2. The molecule has 2 aromatic rings. The van der Waals surface area contributed by atoms with Crippen molar-refractivity contribution < 1.29 is 14.3 Å². The lowest BCUT2D eigenvalue weighted by Crippen LogP contribution is -2.24. The van der Waals surface area contributed by atoms with E-state index in [0.717, 1.165) is 15.6 Å². The van der Waals surface area contributed by atoms with Gasteiger partial charge in [-0.3, -0.25) is 4.79 Å². The van der Waals surface area contributed by atoms with Crippen molar-refractivity contribution in [2.24, 2.45) is 0 Å². The fraction of sp³-hybridized carbons (Fsp3) is 0.211. The van der Waals surface area contributed by atoms with Crippen LogP contribution in [0.1, 0.15) is 11.1 Å². The SMILES string of the molecule is COc1ccc(C=CC(=O)N(C)Cc2ccc(Br)cc2)c(OC)c1. The number of halogens is 1. The molecule has 4 nitrogen and oxygen atoms in total. The molecule has 0 atom stereocenters. The molecule has 0 bridgehead atoms. The zero-order valence-corrected chi connectivity index (χ0v) is 15.5. The molecule has 24 heavy (non-hydrogen) atoms. The first-order valence-corrected chi connectivity index (χ1v) is 8.22. The molecule has 0 saturated heterocycles. The molecule has 0 radical (unpaired) electrons. The Labute approximate surface area is 150 Å². The van der Waals surface area contributed by atoms with Gasteiger partial charge >= 0.3 is 0 Å². The first kappa shape index (κ1) is 18.1. The lowest BCUT2D eigenvalue weighted by molar-refractivity contribution is -0.125. The van der Waals surface area contributed by atoms with Gasteiger partial charge in [-0.2, -0.15) is 0 Å². The minimum atomic E-state index is -0.0733. The minimum absolute atomic E-state index is 0.0733. The zero-order chi connectivity index (χ0) is 17.5. The van der Waals surface area contributed by atoms with E-state index >= 15 is 0 Å². The van der Waals surface area contributed by atoms with Gasteiger partial charge in [0.05, 0.1) is 14.2 Å². The number of hydrogen-bond donors (Lipinski definition) is 0. The molecular formula is C19H20BrNO3. The van der Waals surface area contributed by atoms with Crippen LogP contribution in [0.15, 0.2) is 53.0 Å². The van der Waals surface area contributed by atoms with E-state index in [1.165, 1.54) is 0 Å². The van der Waals surface area contributed by atoms with E-state index in [1.807, 2.05) is 36.4 Å². The topological polar surface area (TPSA) is 38.8 Å². The van der Waals surface area contributed by atoms with Gasteiger partial charge in [0, 0.05) is 35.8 Å². The summed E-state index contributed by atoms with van der Waals surface area (Å²) in [7, 11) is 4.97. The van der Waals surface area contributed by atoms with Crippen LogP contribution in [0.2, 0.25) is 0 Å². The van der Waals surface area contributed by atoms with Gasteiger partial charge in [-0.25, -0.2) is 0 Å². The Morgan fingerprint density at radius 2 is 1.83 bits per heavy atom. The average Bonchev–Trinajstić information content (AvgIpc) is 2.61. The highest BCUT2D eigenvalue weighted by molar-refractivity contribution is 9.10. The summed E-state index contributed by atoms with van der Waals surface area (Å²) in [4.78, 5) is 13.9. The Balaban J connectivity index is 2.05. The lowest BCUT2D eigenvalue weighted by atomic mass is 10.1. The molecule has 0 aliphatic heterocycles. The van der Waals surface area contributed by atoms with Gasteiger partial charge in [0.25, 0.3) is 0 Å². The highest BCUT2D eigenvalue weighted by Crippen LogP contribution is 2.25. The van der Waals surface area contributed by atoms with Crippen LogP contribution < -0.4 is 9.47 Å². The minimum Gasteiger partial charge on any atom is -0.497 e. The third-order valence-electron chi connectivity index (χ3n) is 3.56. The number of carbonyl (C=O) groups excluding carboxylic acids is 1. The van der Waals surface area contributed by atoms with Gasteiger partial charge in [0.15, 0.2) is 0 Å². The maximum absolute atomic E-state index is 12.3. The van der Waals surface area contributed by atoms with Crippen molar-refractivity contribution in [3.05, 3.63) is 64.1 Å². The molecule has 0 saturated carbocycles. The summed E-state index contributed by atoms with van der Waals surface area (Å²) in [6.07, 6.45) is 3.29. The van der Waals surface area contributed by atoms with E-state index < -0.39 is 0 Å². The molecule has 0 N–H and O–H groups in total. The number of hydrogen-bond acceptors (Lipinski definition) is 3. The van der Waals surface area contributed by atoms with Gasteiger partial charge in [0.1, 0.15) is 11.5 Å². The van der Waals surface area contributed by atoms with Gasteiger partial charge in [-0.05, 0) is 35.9 Å². The smallest absolute Gasteiger partial charge is 0.246 e. The lowest BCUT2D eigenvalue weighted by Gasteiger charge is -2.15. The maximum Gasteiger partial charge on any atom is 0.246 e. The first-order chi connectivity index (χ1) is 11.5. The van der Waals surface area contributed by atoms with Crippen LogP contribution in [0, 0.1) is 0 Å². The standard InChI is InChI=1S/C19H20BrNO3/c1-21(13-14-4-8-16(20)9-5-14)19(22)11-7-15-6-10-17(23-2)12-18(15)24-3/h4-12H,13H2,1-3H3. The number of benzene rings is 2. The second-order valence-corrected chi connectivity index (χ2v) is 6.18. The average molecular weight is 390 g/mol. The summed E-state index contributed by atoms with van der Waals surface area (Å²) in [5.41, 5.74) is 1.90. The van der Waals surface area contributed by atoms with Crippen molar-refractivity contribution in [2.75, 3.05) is 21.3 Å². The molecule has 0 aliphatic carbocycles. The monoisotopic (exact) mass is 389 g/mol. The zero-order valence-electron chi connectivity index (χ0n) is 14.0. The molecule has 2 aromatic carbocycles. The van der Waals surface area contributed by atoms with Gasteiger partial charge < -0.3 is 14.4 Å². The Kier molecular flexibility index (Phi) is 6.44. The number of likely N-dealkylation sites (N-methyl/N-ethyl adjacent to an activating group) is 1. The summed E-state index contributed by atoms with van der Waals surface area (Å²) in [5, 5.41) is 0. The molecule has 5 heteroatoms. The van der Waals surface area contributed by atoms with Crippen LogP contribution in [0.4, 0.5) is 0 Å². The Morgan fingerprint density at radius 3 is 2.46 bits per heavy atom. The fourth-order valence-corrected chi connectivity index (χ4v) is 2.45. The fourth-order valence-electron chi connectivity index (χ4n) is 2.19. The van der Waals surface area contributed by atoms with Crippen LogP contribution in [-0.4, -0.2) is 32.1 Å². The number of rotatable bonds is 6. The Hall–Kier alpha value is -2.27. The third-order valence-corrected chi connectivity index (χ3v) is 4.08. The van der Waals surface area contributed by atoms with Crippen molar-refractivity contribution in [1.82, 2.24) is 4.90 Å². The van der Waals surface area contributed by atoms with E-state index in [-0.39, 0.29) is 5.91 Å². The van der Waals surface area contributed by atoms with Crippen molar-refractivity contribution >= 4 is 27.9 Å². The maximum atomic E-state index is 12.3.